The molecule has 0 saturated heterocycles. The van der Waals surface area contributed by atoms with Crippen molar-refractivity contribution >= 4 is 0 Å². The first-order chi connectivity index (χ1) is 8.92. The lowest BCUT2D eigenvalue weighted by atomic mass is 10.1. The van der Waals surface area contributed by atoms with E-state index in [-0.39, 0.29) is 12.6 Å². The average molecular weight is 274 g/mol. The molecule has 1 aromatic rings. The third kappa shape index (κ3) is 6.59. The fourth-order valence-corrected chi connectivity index (χ4v) is 1.94. The zero-order chi connectivity index (χ0) is 14.3. The molecule has 2 nitrogen and oxygen atoms in total. The molecule has 0 spiro atoms. The SMILES string of the molecule is CCNC(CN(C)CCC(F)(F)F)c1ccccc1. The summed E-state index contributed by atoms with van der Waals surface area (Å²) in [7, 11) is 1.72. The maximum Gasteiger partial charge on any atom is 0.390 e. The van der Waals surface area contributed by atoms with E-state index < -0.39 is 12.6 Å². The fraction of sp³-hybridized carbons (Fsp3) is 0.571. The van der Waals surface area contributed by atoms with Gasteiger partial charge in [0.15, 0.2) is 0 Å². The van der Waals surface area contributed by atoms with Gasteiger partial charge in [0, 0.05) is 19.1 Å². The highest BCUT2D eigenvalue weighted by molar-refractivity contribution is 5.19. The van der Waals surface area contributed by atoms with E-state index >= 15 is 0 Å². The molecule has 0 aliphatic rings. The summed E-state index contributed by atoms with van der Waals surface area (Å²) in [5.74, 6) is 0. The summed E-state index contributed by atoms with van der Waals surface area (Å²) < 4.78 is 36.5. The normalized spacial score (nSPS) is 13.8. The molecule has 0 aliphatic heterocycles. The Kier molecular flexibility index (Phi) is 6.31. The zero-order valence-corrected chi connectivity index (χ0v) is 11.4. The van der Waals surface area contributed by atoms with Crippen LogP contribution in [-0.2, 0) is 0 Å². The quantitative estimate of drug-likeness (QED) is 0.821. The second-order valence-electron chi connectivity index (χ2n) is 4.65. The third-order valence-corrected chi connectivity index (χ3v) is 2.92. The summed E-state index contributed by atoms with van der Waals surface area (Å²) in [6, 6.07) is 9.85. The van der Waals surface area contributed by atoms with Gasteiger partial charge in [-0.05, 0) is 19.2 Å². The van der Waals surface area contributed by atoms with Crippen LogP contribution in [0, 0.1) is 0 Å². The van der Waals surface area contributed by atoms with Gasteiger partial charge < -0.3 is 10.2 Å². The Morgan fingerprint density at radius 2 is 1.84 bits per heavy atom. The van der Waals surface area contributed by atoms with Gasteiger partial charge in [-0.25, -0.2) is 0 Å². The summed E-state index contributed by atoms with van der Waals surface area (Å²) >= 11 is 0. The number of hydrogen-bond acceptors (Lipinski definition) is 2. The van der Waals surface area contributed by atoms with Crippen molar-refractivity contribution in [1.29, 1.82) is 0 Å². The summed E-state index contributed by atoms with van der Waals surface area (Å²) in [6.45, 7) is 3.37. The summed E-state index contributed by atoms with van der Waals surface area (Å²) in [6.07, 6.45) is -4.86. The molecule has 5 heteroatoms. The maximum absolute atomic E-state index is 12.2. The molecule has 0 fully saturated rings. The Balaban J connectivity index is 2.54. The molecule has 1 atom stereocenters. The molecule has 0 aliphatic carbocycles. The molecular weight excluding hydrogens is 253 g/mol. The number of benzene rings is 1. The van der Waals surface area contributed by atoms with Gasteiger partial charge in [0.05, 0.1) is 6.42 Å². The van der Waals surface area contributed by atoms with Crippen LogP contribution in [0.3, 0.4) is 0 Å². The van der Waals surface area contributed by atoms with Crippen molar-refractivity contribution in [3.63, 3.8) is 0 Å². The number of rotatable bonds is 7. The first-order valence-electron chi connectivity index (χ1n) is 6.46. The molecule has 0 amide bonds. The van der Waals surface area contributed by atoms with E-state index in [1.165, 1.54) is 0 Å². The molecule has 108 valence electrons. The highest BCUT2D eigenvalue weighted by atomic mass is 19.4. The average Bonchev–Trinajstić information content (AvgIpc) is 2.36. The van der Waals surface area contributed by atoms with Gasteiger partial charge in [0.1, 0.15) is 0 Å². The van der Waals surface area contributed by atoms with Gasteiger partial charge in [-0.1, -0.05) is 37.3 Å². The summed E-state index contributed by atoms with van der Waals surface area (Å²) in [4.78, 5) is 1.72. The van der Waals surface area contributed by atoms with E-state index in [4.69, 9.17) is 0 Å². The molecule has 1 rings (SSSR count). The van der Waals surface area contributed by atoms with Crippen LogP contribution >= 0.6 is 0 Å². The monoisotopic (exact) mass is 274 g/mol. The van der Waals surface area contributed by atoms with Gasteiger partial charge in [-0.3, -0.25) is 0 Å². The molecule has 0 radical (unpaired) electrons. The van der Waals surface area contributed by atoms with Gasteiger partial charge in [0.2, 0.25) is 0 Å². The van der Waals surface area contributed by atoms with Crippen molar-refractivity contribution in [2.45, 2.75) is 25.6 Å². The highest BCUT2D eigenvalue weighted by Gasteiger charge is 2.27. The minimum atomic E-state index is -4.09. The van der Waals surface area contributed by atoms with Crippen LogP contribution in [0.15, 0.2) is 30.3 Å². The molecule has 19 heavy (non-hydrogen) atoms. The number of alkyl halides is 3. The molecule has 0 heterocycles. The van der Waals surface area contributed by atoms with Crippen LogP contribution in [0.25, 0.3) is 0 Å². The fourth-order valence-electron chi connectivity index (χ4n) is 1.94. The topological polar surface area (TPSA) is 15.3 Å². The van der Waals surface area contributed by atoms with E-state index in [9.17, 15) is 13.2 Å². The van der Waals surface area contributed by atoms with Crippen molar-refractivity contribution in [2.75, 3.05) is 26.7 Å². The first-order valence-corrected chi connectivity index (χ1v) is 6.46. The highest BCUT2D eigenvalue weighted by Crippen LogP contribution is 2.20. The molecule has 0 saturated carbocycles. The summed E-state index contributed by atoms with van der Waals surface area (Å²) in [5.41, 5.74) is 1.10. The summed E-state index contributed by atoms with van der Waals surface area (Å²) in [5, 5.41) is 3.30. The van der Waals surface area contributed by atoms with E-state index in [0.29, 0.717) is 6.54 Å². The van der Waals surface area contributed by atoms with Gasteiger partial charge in [0.25, 0.3) is 0 Å². The van der Waals surface area contributed by atoms with Crippen molar-refractivity contribution in [1.82, 2.24) is 10.2 Å². The minimum Gasteiger partial charge on any atom is -0.309 e. The van der Waals surface area contributed by atoms with E-state index in [1.807, 2.05) is 37.3 Å². The number of halogens is 3. The molecule has 0 bridgehead atoms. The van der Waals surface area contributed by atoms with Crippen LogP contribution in [0.4, 0.5) is 13.2 Å². The van der Waals surface area contributed by atoms with E-state index in [0.717, 1.165) is 12.1 Å². The Hall–Kier alpha value is -1.07. The Morgan fingerprint density at radius 1 is 1.21 bits per heavy atom. The predicted molar refractivity (Wildman–Crippen MR) is 71.0 cm³/mol. The van der Waals surface area contributed by atoms with Crippen LogP contribution in [0.1, 0.15) is 24.9 Å². The Morgan fingerprint density at radius 3 is 2.37 bits per heavy atom. The Labute approximate surface area is 112 Å². The van der Waals surface area contributed by atoms with Crippen molar-refractivity contribution in [3.05, 3.63) is 35.9 Å². The van der Waals surface area contributed by atoms with Crippen LogP contribution in [-0.4, -0.2) is 37.8 Å². The minimum absolute atomic E-state index is 0.0260. The molecule has 1 unspecified atom stereocenters. The molecule has 1 N–H and O–H groups in total. The second-order valence-corrected chi connectivity index (χ2v) is 4.65. The van der Waals surface area contributed by atoms with Gasteiger partial charge in [-0.2, -0.15) is 13.2 Å². The van der Waals surface area contributed by atoms with E-state index in [2.05, 4.69) is 5.32 Å². The van der Waals surface area contributed by atoms with Crippen molar-refractivity contribution < 1.29 is 13.2 Å². The number of likely N-dealkylation sites (N-methyl/N-ethyl adjacent to an activating group) is 2. The standard InChI is InChI=1S/C14H21F3N2/c1-3-18-13(12-7-5-4-6-8-12)11-19(2)10-9-14(15,16)17/h4-8,13,18H,3,9-11H2,1-2H3. The number of nitrogens with one attached hydrogen (secondary N) is 1. The largest absolute Gasteiger partial charge is 0.390 e. The third-order valence-electron chi connectivity index (χ3n) is 2.92. The van der Waals surface area contributed by atoms with Crippen LogP contribution < -0.4 is 5.32 Å². The lowest BCUT2D eigenvalue weighted by Gasteiger charge is -2.25. The Bertz CT molecular complexity index is 351. The van der Waals surface area contributed by atoms with Crippen LogP contribution in [0.5, 0.6) is 0 Å². The van der Waals surface area contributed by atoms with Crippen molar-refractivity contribution in [2.24, 2.45) is 0 Å². The van der Waals surface area contributed by atoms with Gasteiger partial charge in [-0.15, -0.1) is 0 Å². The molecular formula is C14H21F3N2. The van der Waals surface area contributed by atoms with Crippen molar-refractivity contribution in [3.8, 4) is 0 Å². The zero-order valence-electron chi connectivity index (χ0n) is 11.4. The predicted octanol–water partition coefficient (Wildman–Crippen LogP) is 3.22. The second kappa shape index (κ2) is 7.50. The smallest absolute Gasteiger partial charge is 0.309 e. The van der Waals surface area contributed by atoms with E-state index in [1.54, 1.807) is 11.9 Å². The van der Waals surface area contributed by atoms with Gasteiger partial charge >= 0.3 is 6.18 Å². The first kappa shape index (κ1) is 16.0. The number of hydrogen-bond donors (Lipinski definition) is 1. The van der Waals surface area contributed by atoms with Crippen LogP contribution in [0.2, 0.25) is 0 Å². The molecule has 1 aromatic carbocycles. The molecule has 0 aromatic heterocycles. The number of nitrogens with zero attached hydrogens (tertiary/aromatic N) is 1. The lowest BCUT2D eigenvalue weighted by Crippen LogP contribution is -2.34. The lowest BCUT2D eigenvalue weighted by molar-refractivity contribution is -0.137. The maximum atomic E-state index is 12.2.